The first kappa shape index (κ1) is 9.90. The largest absolute Gasteiger partial charge is 0.486 e. The average Bonchev–Trinajstić information content (AvgIpc) is 2.86. The van der Waals surface area contributed by atoms with Crippen molar-refractivity contribution in [1.29, 1.82) is 0 Å². The molecule has 0 saturated carbocycles. The molecule has 2 aromatic carbocycles. The number of benzene rings is 2. The maximum Gasteiger partial charge on any atom is 0.155 e. The summed E-state index contributed by atoms with van der Waals surface area (Å²) in [5.74, 6) is 0.750. The number of aromatic nitrogens is 1. The summed E-state index contributed by atoms with van der Waals surface area (Å²) in [6.07, 6.45) is 1.62. The van der Waals surface area contributed by atoms with Gasteiger partial charge in [-0.3, -0.25) is 0 Å². The molecule has 3 nitrogen and oxygen atoms in total. The van der Waals surface area contributed by atoms with Crippen molar-refractivity contribution in [3.05, 3.63) is 60.4 Å². The van der Waals surface area contributed by atoms with Crippen molar-refractivity contribution in [2.45, 2.75) is 6.61 Å². The van der Waals surface area contributed by atoms with Crippen molar-refractivity contribution in [3.8, 4) is 5.75 Å². The summed E-state index contributed by atoms with van der Waals surface area (Å²) in [6, 6.07) is 15.8. The lowest BCUT2D eigenvalue weighted by atomic mass is 10.2. The highest BCUT2D eigenvalue weighted by molar-refractivity contribution is 5.83. The maximum absolute atomic E-state index is 5.74. The Bertz CT molecular complexity index is 616. The highest BCUT2D eigenvalue weighted by Crippen LogP contribution is 2.24. The van der Waals surface area contributed by atoms with E-state index in [0.29, 0.717) is 6.61 Å². The Hall–Kier alpha value is -2.29. The van der Waals surface area contributed by atoms with Gasteiger partial charge in [-0.25, -0.2) is 0 Å². The molecule has 84 valence electrons. The number of nitrogens with zero attached hydrogens (tertiary/aromatic N) is 1. The van der Waals surface area contributed by atoms with Crippen LogP contribution in [0.4, 0.5) is 0 Å². The second kappa shape index (κ2) is 4.29. The second-order valence-corrected chi connectivity index (χ2v) is 3.78. The number of fused-ring (bicyclic) bond motifs is 1. The number of hydrogen-bond donors (Lipinski definition) is 0. The molecule has 0 amide bonds. The van der Waals surface area contributed by atoms with E-state index in [2.05, 4.69) is 5.16 Å². The summed E-state index contributed by atoms with van der Waals surface area (Å²) in [5, 5.41) is 4.89. The van der Waals surface area contributed by atoms with Gasteiger partial charge in [0.2, 0.25) is 0 Å². The van der Waals surface area contributed by atoms with E-state index in [-0.39, 0.29) is 0 Å². The van der Waals surface area contributed by atoms with Gasteiger partial charge < -0.3 is 9.26 Å². The average molecular weight is 225 g/mol. The molecule has 3 heteroatoms. The summed E-state index contributed by atoms with van der Waals surface area (Å²) in [6.45, 7) is 0.535. The van der Waals surface area contributed by atoms with Gasteiger partial charge in [-0.2, -0.15) is 0 Å². The Labute approximate surface area is 98.6 Å². The van der Waals surface area contributed by atoms with Gasteiger partial charge in [0.25, 0.3) is 0 Å². The summed E-state index contributed by atoms with van der Waals surface area (Å²) >= 11 is 0. The molecule has 0 spiro atoms. The number of rotatable bonds is 3. The SMILES string of the molecule is c1ccc(COc2cccc3conc23)cc1. The normalized spacial score (nSPS) is 10.6. The zero-order valence-electron chi connectivity index (χ0n) is 9.17. The van der Waals surface area contributed by atoms with E-state index in [0.717, 1.165) is 22.2 Å². The summed E-state index contributed by atoms with van der Waals surface area (Å²) in [4.78, 5) is 0. The lowest BCUT2D eigenvalue weighted by Gasteiger charge is -2.05. The van der Waals surface area contributed by atoms with Crippen LogP contribution in [0.5, 0.6) is 5.75 Å². The van der Waals surface area contributed by atoms with Crippen LogP contribution in [-0.2, 0) is 6.61 Å². The van der Waals surface area contributed by atoms with E-state index < -0.39 is 0 Å². The molecule has 0 bridgehead atoms. The molecule has 1 heterocycles. The Kier molecular flexibility index (Phi) is 2.50. The first-order valence-corrected chi connectivity index (χ1v) is 5.43. The predicted octanol–water partition coefficient (Wildman–Crippen LogP) is 3.41. The highest BCUT2D eigenvalue weighted by Gasteiger charge is 2.05. The fourth-order valence-corrected chi connectivity index (χ4v) is 1.72. The van der Waals surface area contributed by atoms with Crippen molar-refractivity contribution in [1.82, 2.24) is 5.16 Å². The van der Waals surface area contributed by atoms with Crippen LogP contribution in [0, 0.1) is 0 Å². The molecular weight excluding hydrogens is 214 g/mol. The third-order valence-electron chi connectivity index (χ3n) is 2.59. The highest BCUT2D eigenvalue weighted by atomic mass is 16.5. The molecular formula is C14H11NO2. The fourth-order valence-electron chi connectivity index (χ4n) is 1.72. The topological polar surface area (TPSA) is 35.3 Å². The summed E-state index contributed by atoms with van der Waals surface area (Å²) in [5.41, 5.74) is 1.90. The minimum absolute atomic E-state index is 0.535. The molecule has 0 aliphatic rings. The molecule has 0 radical (unpaired) electrons. The third-order valence-corrected chi connectivity index (χ3v) is 2.59. The molecule has 17 heavy (non-hydrogen) atoms. The minimum atomic E-state index is 0.535. The van der Waals surface area contributed by atoms with Crippen LogP contribution in [0.2, 0.25) is 0 Å². The molecule has 0 aliphatic carbocycles. The lowest BCUT2D eigenvalue weighted by Crippen LogP contribution is -1.95. The Morgan fingerprint density at radius 1 is 1.00 bits per heavy atom. The molecule has 0 N–H and O–H groups in total. The van der Waals surface area contributed by atoms with Gasteiger partial charge in [0.1, 0.15) is 18.6 Å². The van der Waals surface area contributed by atoms with Gasteiger partial charge in [-0.1, -0.05) is 41.6 Å². The molecule has 0 atom stereocenters. The Morgan fingerprint density at radius 2 is 1.88 bits per heavy atom. The molecule has 0 unspecified atom stereocenters. The maximum atomic E-state index is 5.74. The van der Waals surface area contributed by atoms with Crippen LogP contribution in [0.3, 0.4) is 0 Å². The molecule has 0 fully saturated rings. The van der Waals surface area contributed by atoms with E-state index in [1.165, 1.54) is 0 Å². The lowest BCUT2D eigenvalue weighted by molar-refractivity contribution is 0.307. The summed E-state index contributed by atoms with van der Waals surface area (Å²) < 4.78 is 10.7. The smallest absolute Gasteiger partial charge is 0.155 e. The standard InChI is InChI=1S/C14H11NO2/c1-2-5-11(6-3-1)9-16-13-8-4-7-12-10-17-15-14(12)13/h1-8,10H,9H2. The van der Waals surface area contributed by atoms with Gasteiger partial charge in [0.15, 0.2) is 5.52 Å². The third kappa shape index (κ3) is 1.99. The van der Waals surface area contributed by atoms with Crippen molar-refractivity contribution in [2.24, 2.45) is 0 Å². The molecule has 3 rings (SSSR count). The van der Waals surface area contributed by atoms with E-state index >= 15 is 0 Å². The van der Waals surface area contributed by atoms with Crippen LogP contribution in [0.1, 0.15) is 5.56 Å². The first-order valence-electron chi connectivity index (χ1n) is 5.43. The monoisotopic (exact) mass is 225 g/mol. The number of hydrogen-bond acceptors (Lipinski definition) is 3. The zero-order valence-corrected chi connectivity index (χ0v) is 9.17. The Balaban J connectivity index is 1.84. The quantitative estimate of drug-likeness (QED) is 0.685. The number of ether oxygens (including phenoxy) is 1. The van der Waals surface area contributed by atoms with Gasteiger partial charge >= 0.3 is 0 Å². The minimum Gasteiger partial charge on any atom is -0.486 e. The van der Waals surface area contributed by atoms with Crippen molar-refractivity contribution >= 4 is 10.9 Å². The predicted molar refractivity (Wildman–Crippen MR) is 64.8 cm³/mol. The molecule has 0 aliphatic heterocycles. The molecule has 3 aromatic rings. The van der Waals surface area contributed by atoms with Gasteiger partial charge in [0, 0.05) is 5.39 Å². The van der Waals surface area contributed by atoms with Crippen molar-refractivity contribution in [2.75, 3.05) is 0 Å². The zero-order chi connectivity index (χ0) is 11.5. The second-order valence-electron chi connectivity index (χ2n) is 3.78. The first-order chi connectivity index (χ1) is 8.43. The van der Waals surface area contributed by atoms with Crippen LogP contribution in [0.15, 0.2) is 59.3 Å². The van der Waals surface area contributed by atoms with Gasteiger partial charge in [0.05, 0.1) is 0 Å². The van der Waals surface area contributed by atoms with Gasteiger partial charge in [-0.15, -0.1) is 0 Å². The van der Waals surface area contributed by atoms with E-state index in [1.807, 2.05) is 48.5 Å². The van der Waals surface area contributed by atoms with Crippen LogP contribution >= 0.6 is 0 Å². The van der Waals surface area contributed by atoms with Crippen molar-refractivity contribution in [3.63, 3.8) is 0 Å². The van der Waals surface area contributed by atoms with E-state index in [9.17, 15) is 0 Å². The van der Waals surface area contributed by atoms with Crippen LogP contribution in [-0.4, -0.2) is 5.16 Å². The van der Waals surface area contributed by atoms with Crippen LogP contribution in [0.25, 0.3) is 10.9 Å². The Morgan fingerprint density at radius 3 is 2.76 bits per heavy atom. The van der Waals surface area contributed by atoms with Crippen LogP contribution < -0.4 is 4.74 Å². The summed E-state index contributed by atoms with van der Waals surface area (Å²) in [7, 11) is 0. The van der Waals surface area contributed by atoms with E-state index in [1.54, 1.807) is 6.26 Å². The van der Waals surface area contributed by atoms with E-state index in [4.69, 9.17) is 9.26 Å². The fraction of sp³-hybridized carbons (Fsp3) is 0.0714. The van der Waals surface area contributed by atoms with Gasteiger partial charge in [-0.05, 0) is 17.7 Å². The van der Waals surface area contributed by atoms with Crippen molar-refractivity contribution < 1.29 is 9.26 Å². The molecule has 0 saturated heterocycles. The molecule has 1 aromatic heterocycles.